The highest BCUT2D eigenvalue weighted by Crippen LogP contribution is 2.20. The van der Waals surface area contributed by atoms with E-state index in [1.165, 1.54) is 0 Å². The number of nitrogens with two attached hydrogens (primary N) is 1. The lowest BCUT2D eigenvalue weighted by atomic mass is 10.2. The Kier molecular flexibility index (Phi) is 4.39. The lowest BCUT2D eigenvalue weighted by Gasteiger charge is -2.10. The first-order chi connectivity index (χ1) is 7.00. The van der Waals surface area contributed by atoms with Gasteiger partial charge in [-0.3, -0.25) is 4.79 Å². The van der Waals surface area contributed by atoms with Crippen LogP contribution in [-0.2, 0) is 11.3 Å². The summed E-state index contributed by atoms with van der Waals surface area (Å²) in [5.41, 5.74) is 5.99. The number of carbonyl (C=O) groups excluding carboxylic acids is 1. The summed E-state index contributed by atoms with van der Waals surface area (Å²) in [4.78, 5) is 10.8. The molecule has 0 spiro atoms. The molecule has 3 N–H and O–H groups in total. The molecule has 0 aliphatic carbocycles. The van der Waals surface area contributed by atoms with Gasteiger partial charge in [-0.15, -0.1) is 0 Å². The molecule has 82 valence electrons. The van der Waals surface area contributed by atoms with Crippen LogP contribution in [0.5, 0.6) is 0 Å². The Bertz CT molecular complexity index is 368. The molecule has 3 nitrogen and oxygen atoms in total. The predicted molar refractivity (Wildman–Crippen MR) is 62.0 cm³/mol. The van der Waals surface area contributed by atoms with Crippen LogP contribution in [0.15, 0.2) is 18.2 Å². The van der Waals surface area contributed by atoms with Gasteiger partial charge < -0.3 is 11.1 Å². The van der Waals surface area contributed by atoms with Crippen LogP contribution in [0.25, 0.3) is 0 Å². The summed E-state index contributed by atoms with van der Waals surface area (Å²) in [7, 11) is 0. The average molecular weight is 247 g/mol. The van der Waals surface area contributed by atoms with Crippen LogP contribution in [0.2, 0.25) is 10.0 Å². The van der Waals surface area contributed by atoms with Crippen LogP contribution in [-0.4, -0.2) is 11.9 Å². The van der Waals surface area contributed by atoms with Crippen LogP contribution in [0, 0.1) is 0 Å². The molecule has 15 heavy (non-hydrogen) atoms. The van der Waals surface area contributed by atoms with E-state index in [1.54, 1.807) is 19.1 Å². The number of rotatable bonds is 4. The van der Waals surface area contributed by atoms with Crippen molar-refractivity contribution in [2.45, 2.75) is 19.5 Å². The van der Waals surface area contributed by atoms with Crippen LogP contribution < -0.4 is 11.1 Å². The van der Waals surface area contributed by atoms with Crippen LogP contribution >= 0.6 is 23.2 Å². The second-order valence-corrected chi connectivity index (χ2v) is 4.08. The maximum absolute atomic E-state index is 10.8. The van der Waals surface area contributed by atoms with Crippen LogP contribution in [0.3, 0.4) is 0 Å². The fraction of sp³-hybridized carbons (Fsp3) is 0.300. The fourth-order valence-electron chi connectivity index (χ4n) is 1.03. The molecule has 0 radical (unpaired) electrons. The third-order valence-corrected chi connectivity index (χ3v) is 2.63. The molecule has 1 rings (SSSR count). The number of nitrogens with one attached hydrogen (secondary N) is 1. The normalized spacial score (nSPS) is 12.5. The third-order valence-electron chi connectivity index (χ3n) is 2.04. The van der Waals surface area contributed by atoms with E-state index in [4.69, 9.17) is 28.9 Å². The van der Waals surface area contributed by atoms with Gasteiger partial charge >= 0.3 is 0 Å². The van der Waals surface area contributed by atoms with Gasteiger partial charge in [0.2, 0.25) is 5.91 Å². The second kappa shape index (κ2) is 5.35. The zero-order valence-corrected chi connectivity index (χ0v) is 9.77. The monoisotopic (exact) mass is 246 g/mol. The van der Waals surface area contributed by atoms with Crippen molar-refractivity contribution < 1.29 is 4.79 Å². The van der Waals surface area contributed by atoms with Gasteiger partial charge in [0.1, 0.15) is 0 Å². The van der Waals surface area contributed by atoms with Crippen LogP contribution in [0.4, 0.5) is 0 Å². The van der Waals surface area contributed by atoms with E-state index in [0.29, 0.717) is 16.6 Å². The van der Waals surface area contributed by atoms with Crippen molar-refractivity contribution >= 4 is 29.1 Å². The van der Waals surface area contributed by atoms with Gasteiger partial charge in [0, 0.05) is 16.6 Å². The van der Waals surface area contributed by atoms with E-state index < -0.39 is 0 Å². The topological polar surface area (TPSA) is 55.1 Å². The maximum atomic E-state index is 10.8. The lowest BCUT2D eigenvalue weighted by molar-refractivity contribution is -0.119. The number of hydrogen-bond donors (Lipinski definition) is 2. The summed E-state index contributed by atoms with van der Waals surface area (Å²) in [5, 5.41) is 4.12. The highest BCUT2D eigenvalue weighted by atomic mass is 35.5. The summed E-state index contributed by atoms with van der Waals surface area (Å²) in [5.74, 6) is -0.389. The standard InChI is InChI=1S/C10H12Cl2N2O/c1-6(10(13)15)14-5-7-2-3-8(11)4-9(7)12/h2-4,6,14H,5H2,1H3,(H2,13,15). The van der Waals surface area contributed by atoms with Crippen molar-refractivity contribution in [2.75, 3.05) is 0 Å². The van der Waals surface area contributed by atoms with Crippen LogP contribution in [0.1, 0.15) is 12.5 Å². The quantitative estimate of drug-likeness (QED) is 0.854. The number of amides is 1. The molecule has 0 fully saturated rings. The molecule has 5 heteroatoms. The average Bonchev–Trinajstić information content (AvgIpc) is 2.15. The zero-order valence-electron chi connectivity index (χ0n) is 8.26. The Morgan fingerprint density at radius 3 is 2.73 bits per heavy atom. The fourth-order valence-corrected chi connectivity index (χ4v) is 1.50. The predicted octanol–water partition coefficient (Wildman–Crippen LogP) is 1.96. The zero-order chi connectivity index (χ0) is 11.4. The molecule has 0 saturated heterocycles. The van der Waals surface area contributed by atoms with Crippen molar-refractivity contribution in [3.05, 3.63) is 33.8 Å². The number of halogens is 2. The van der Waals surface area contributed by atoms with E-state index in [9.17, 15) is 4.79 Å². The van der Waals surface area contributed by atoms with Crippen molar-refractivity contribution in [1.82, 2.24) is 5.32 Å². The number of carbonyl (C=O) groups is 1. The Labute approximate surface area is 98.5 Å². The van der Waals surface area contributed by atoms with Gasteiger partial charge in [-0.25, -0.2) is 0 Å². The van der Waals surface area contributed by atoms with Gasteiger partial charge in [-0.2, -0.15) is 0 Å². The van der Waals surface area contributed by atoms with E-state index in [0.717, 1.165) is 5.56 Å². The molecule has 0 heterocycles. The molecule has 1 atom stereocenters. The second-order valence-electron chi connectivity index (χ2n) is 3.24. The lowest BCUT2D eigenvalue weighted by Crippen LogP contribution is -2.38. The molecule has 1 aromatic carbocycles. The Balaban J connectivity index is 2.62. The molecule has 0 saturated carbocycles. The number of hydrogen-bond acceptors (Lipinski definition) is 2. The number of primary amides is 1. The molecular weight excluding hydrogens is 235 g/mol. The molecule has 1 unspecified atom stereocenters. The summed E-state index contributed by atoms with van der Waals surface area (Å²) in [6.07, 6.45) is 0. The van der Waals surface area contributed by atoms with E-state index in [1.807, 2.05) is 6.07 Å². The first-order valence-electron chi connectivity index (χ1n) is 4.47. The van der Waals surface area contributed by atoms with Gasteiger partial charge in [-0.1, -0.05) is 29.3 Å². The molecule has 0 bridgehead atoms. The summed E-state index contributed by atoms with van der Waals surface area (Å²) in [6, 6.07) is 4.84. The van der Waals surface area contributed by atoms with Crippen molar-refractivity contribution in [1.29, 1.82) is 0 Å². The molecule has 0 aromatic heterocycles. The minimum absolute atomic E-state index is 0.378. The molecule has 0 aliphatic rings. The Morgan fingerprint density at radius 2 is 2.20 bits per heavy atom. The largest absolute Gasteiger partial charge is 0.368 e. The maximum Gasteiger partial charge on any atom is 0.234 e. The Morgan fingerprint density at radius 1 is 1.53 bits per heavy atom. The van der Waals surface area contributed by atoms with Gasteiger partial charge in [0.15, 0.2) is 0 Å². The van der Waals surface area contributed by atoms with Gasteiger partial charge in [0.05, 0.1) is 6.04 Å². The SMILES string of the molecule is CC(NCc1ccc(Cl)cc1Cl)C(N)=O. The number of benzene rings is 1. The summed E-state index contributed by atoms with van der Waals surface area (Å²) in [6.45, 7) is 2.19. The minimum atomic E-state index is -0.389. The van der Waals surface area contributed by atoms with Crippen molar-refractivity contribution in [3.8, 4) is 0 Å². The molecular formula is C10H12Cl2N2O. The third kappa shape index (κ3) is 3.70. The first-order valence-corrected chi connectivity index (χ1v) is 5.23. The van der Waals surface area contributed by atoms with E-state index >= 15 is 0 Å². The highest BCUT2D eigenvalue weighted by Gasteiger charge is 2.08. The minimum Gasteiger partial charge on any atom is -0.368 e. The van der Waals surface area contributed by atoms with Crippen molar-refractivity contribution in [2.24, 2.45) is 5.73 Å². The summed E-state index contributed by atoms with van der Waals surface area (Å²) >= 11 is 11.7. The summed E-state index contributed by atoms with van der Waals surface area (Å²) < 4.78 is 0. The van der Waals surface area contributed by atoms with Gasteiger partial charge in [-0.05, 0) is 24.6 Å². The smallest absolute Gasteiger partial charge is 0.234 e. The molecule has 0 aliphatic heterocycles. The highest BCUT2D eigenvalue weighted by molar-refractivity contribution is 6.35. The van der Waals surface area contributed by atoms with Gasteiger partial charge in [0.25, 0.3) is 0 Å². The molecule has 1 amide bonds. The first kappa shape index (κ1) is 12.3. The van der Waals surface area contributed by atoms with Crippen molar-refractivity contribution in [3.63, 3.8) is 0 Å². The van der Waals surface area contributed by atoms with E-state index in [2.05, 4.69) is 5.32 Å². The Hall–Kier alpha value is -0.770. The van der Waals surface area contributed by atoms with E-state index in [-0.39, 0.29) is 11.9 Å². The molecule has 1 aromatic rings.